The molecule has 2 N–H and O–H groups in total. The van der Waals surface area contributed by atoms with Gasteiger partial charge < -0.3 is 5.73 Å². The molecule has 3 rings (SSSR count). The molecule has 6 heteroatoms. The van der Waals surface area contributed by atoms with E-state index in [0.717, 1.165) is 17.3 Å². The number of halogens is 1. The van der Waals surface area contributed by atoms with E-state index in [-0.39, 0.29) is 4.90 Å². The van der Waals surface area contributed by atoms with E-state index in [0.29, 0.717) is 24.2 Å². The van der Waals surface area contributed by atoms with Crippen LogP contribution in [0.1, 0.15) is 38.5 Å². The number of nitrogens with zero attached hydrogens (tertiary/aromatic N) is 1. The highest BCUT2D eigenvalue weighted by atomic mass is 79.9. The summed E-state index contributed by atoms with van der Waals surface area (Å²) < 4.78 is 27.9. The van der Waals surface area contributed by atoms with Crippen molar-refractivity contribution in [3.8, 4) is 0 Å². The Hall–Kier alpha value is -0.590. The molecule has 0 amide bonds. The molecule has 21 heavy (non-hydrogen) atoms. The number of piperidine rings is 1. The maximum atomic E-state index is 12.8. The van der Waals surface area contributed by atoms with Crippen molar-refractivity contribution in [2.45, 2.75) is 43.4 Å². The van der Waals surface area contributed by atoms with Crippen molar-refractivity contribution in [3.63, 3.8) is 0 Å². The second kappa shape index (κ2) is 5.56. The van der Waals surface area contributed by atoms with Gasteiger partial charge in [0.25, 0.3) is 0 Å². The maximum Gasteiger partial charge on any atom is 0.245 e. The van der Waals surface area contributed by atoms with Crippen LogP contribution in [0.3, 0.4) is 0 Å². The minimum Gasteiger partial charge on any atom is -0.398 e. The highest BCUT2D eigenvalue weighted by Gasteiger charge is 2.40. The molecule has 1 aliphatic carbocycles. The summed E-state index contributed by atoms with van der Waals surface area (Å²) in [6.45, 7) is 1.24. The Morgan fingerprint density at radius 2 is 1.71 bits per heavy atom. The van der Waals surface area contributed by atoms with Crippen LogP contribution in [0.15, 0.2) is 27.6 Å². The number of nitrogens with two attached hydrogens (primary N) is 1. The summed E-state index contributed by atoms with van der Waals surface area (Å²) in [5, 5.41) is 0. The zero-order chi connectivity index (χ0) is 15.1. The van der Waals surface area contributed by atoms with E-state index in [4.69, 9.17) is 5.73 Å². The molecule has 0 radical (unpaired) electrons. The van der Waals surface area contributed by atoms with Crippen LogP contribution in [0.5, 0.6) is 0 Å². The predicted molar refractivity (Wildman–Crippen MR) is 87.4 cm³/mol. The molecule has 0 bridgehead atoms. The summed E-state index contributed by atoms with van der Waals surface area (Å²) in [6, 6.07) is 5.00. The summed E-state index contributed by atoms with van der Waals surface area (Å²) >= 11 is 3.32. The zero-order valence-electron chi connectivity index (χ0n) is 12.0. The SMILES string of the molecule is Nc1ccc(Br)cc1S(=O)(=O)N1CCC2(CCCC2)CC1. The minimum absolute atomic E-state index is 0.222. The fraction of sp³-hybridized carbons (Fsp3) is 0.600. The molecule has 0 aromatic heterocycles. The summed E-state index contributed by atoms with van der Waals surface area (Å²) in [6.07, 6.45) is 7.09. The Balaban J connectivity index is 1.82. The first-order valence-corrected chi connectivity index (χ1v) is 9.72. The van der Waals surface area contributed by atoms with Crippen LogP contribution in [0, 0.1) is 5.41 Å². The van der Waals surface area contributed by atoms with Crippen molar-refractivity contribution in [1.29, 1.82) is 0 Å². The van der Waals surface area contributed by atoms with Crippen LogP contribution in [0.4, 0.5) is 5.69 Å². The van der Waals surface area contributed by atoms with Crippen LogP contribution in [0.25, 0.3) is 0 Å². The fourth-order valence-corrected chi connectivity index (χ4v) is 5.79. The number of benzene rings is 1. The van der Waals surface area contributed by atoms with Gasteiger partial charge in [-0.25, -0.2) is 8.42 Å². The van der Waals surface area contributed by atoms with Gasteiger partial charge in [-0.15, -0.1) is 0 Å². The number of rotatable bonds is 2. The molecule has 2 aliphatic rings. The molecule has 1 aromatic rings. The lowest BCUT2D eigenvalue weighted by atomic mass is 9.78. The third-order valence-corrected chi connectivity index (χ3v) is 7.49. The highest BCUT2D eigenvalue weighted by Crippen LogP contribution is 2.46. The smallest absolute Gasteiger partial charge is 0.245 e. The molecule has 0 atom stereocenters. The lowest BCUT2D eigenvalue weighted by molar-refractivity contribution is 0.160. The van der Waals surface area contributed by atoms with E-state index in [1.807, 2.05) is 0 Å². The molecule has 1 aliphatic heterocycles. The largest absolute Gasteiger partial charge is 0.398 e. The monoisotopic (exact) mass is 372 g/mol. The average molecular weight is 373 g/mol. The molecule has 116 valence electrons. The van der Waals surface area contributed by atoms with Gasteiger partial charge in [-0.3, -0.25) is 0 Å². The molecule has 1 spiro atoms. The van der Waals surface area contributed by atoms with Crippen molar-refractivity contribution >= 4 is 31.6 Å². The third kappa shape index (κ3) is 2.85. The van der Waals surface area contributed by atoms with Crippen molar-refractivity contribution < 1.29 is 8.42 Å². The molecule has 4 nitrogen and oxygen atoms in total. The normalized spacial score (nSPS) is 22.7. The second-order valence-corrected chi connectivity index (χ2v) is 9.12. The van der Waals surface area contributed by atoms with E-state index in [1.165, 1.54) is 25.7 Å². The average Bonchev–Trinajstić information content (AvgIpc) is 2.90. The van der Waals surface area contributed by atoms with Gasteiger partial charge in [0.2, 0.25) is 10.0 Å². The Morgan fingerprint density at radius 1 is 1.10 bits per heavy atom. The van der Waals surface area contributed by atoms with Gasteiger partial charge in [0.15, 0.2) is 0 Å². The van der Waals surface area contributed by atoms with Crippen LogP contribution < -0.4 is 5.73 Å². The van der Waals surface area contributed by atoms with Gasteiger partial charge in [0, 0.05) is 17.6 Å². The molecular formula is C15H21BrN2O2S. The van der Waals surface area contributed by atoms with Gasteiger partial charge in [-0.1, -0.05) is 28.8 Å². The van der Waals surface area contributed by atoms with Gasteiger partial charge in [-0.05, 0) is 49.3 Å². The minimum atomic E-state index is -3.48. The van der Waals surface area contributed by atoms with Crippen LogP contribution in [-0.4, -0.2) is 25.8 Å². The Labute approximate surface area is 134 Å². The Kier molecular flexibility index (Phi) is 4.05. The molecule has 1 aromatic carbocycles. The first-order chi connectivity index (χ1) is 9.93. The quantitative estimate of drug-likeness (QED) is 0.809. The number of nitrogen functional groups attached to an aromatic ring is 1. The van der Waals surface area contributed by atoms with Gasteiger partial charge in [0.1, 0.15) is 4.90 Å². The number of sulfonamides is 1. The van der Waals surface area contributed by atoms with Crippen LogP contribution in [-0.2, 0) is 10.0 Å². The summed E-state index contributed by atoms with van der Waals surface area (Å²) in [5.41, 5.74) is 6.60. The first-order valence-electron chi connectivity index (χ1n) is 7.48. The van der Waals surface area contributed by atoms with E-state index in [2.05, 4.69) is 15.9 Å². The standard InChI is InChI=1S/C15H21BrN2O2S/c16-12-3-4-13(17)14(11-12)21(19,20)18-9-7-15(8-10-18)5-1-2-6-15/h3-4,11H,1-2,5-10,17H2. The fourth-order valence-electron chi connectivity index (χ4n) is 3.70. The van der Waals surface area contributed by atoms with Gasteiger partial charge >= 0.3 is 0 Å². The summed E-state index contributed by atoms with van der Waals surface area (Å²) in [4.78, 5) is 0.222. The summed E-state index contributed by atoms with van der Waals surface area (Å²) in [5.74, 6) is 0. The molecule has 1 heterocycles. The molecule has 1 saturated heterocycles. The number of hydrogen-bond donors (Lipinski definition) is 1. The molecule has 2 fully saturated rings. The molecule has 0 unspecified atom stereocenters. The Bertz CT molecular complexity index is 629. The first kappa shape index (κ1) is 15.3. The van der Waals surface area contributed by atoms with Crippen LogP contribution in [0.2, 0.25) is 0 Å². The van der Waals surface area contributed by atoms with Crippen molar-refractivity contribution in [3.05, 3.63) is 22.7 Å². The predicted octanol–water partition coefficient (Wildman–Crippen LogP) is 3.38. The van der Waals surface area contributed by atoms with E-state index >= 15 is 0 Å². The number of anilines is 1. The Morgan fingerprint density at radius 3 is 2.33 bits per heavy atom. The van der Waals surface area contributed by atoms with Crippen molar-refractivity contribution in [1.82, 2.24) is 4.31 Å². The van der Waals surface area contributed by atoms with Gasteiger partial charge in [-0.2, -0.15) is 4.31 Å². The maximum absolute atomic E-state index is 12.8. The topological polar surface area (TPSA) is 63.4 Å². The van der Waals surface area contributed by atoms with Crippen molar-refractivity contribution in [2.24, 2.45) is 5.41 Å². The third-order valence-electron chi connectivity index (χ3n) is 5.04. The van der Waals surface area contributed by atoms with Gasteiger partial charge in [0.05, 0.1) is 5.69 Å². The molecular weight excluding hydrogens is 352 g/mol. The second-order valence-electron chi connectivity index (χ2n) is 6.29. The van der Waals surface area contributed by atoms with Crippen LogP contribution >= 0.6 is 15.9 Å². The van der Waals surface area contributed by atoms with E-state index in [1.54, 1.807) is 22.5 Å². The lowest BCUT2D eigenvalue weighted by Gasteiger charge is -2.38. The van der Waals surface area contributed by atoms with E-state index in [9.17, 15) is 8.42 Å². The van der Waals surface area contributed by atoms with E-state index < -0.39 is 10.0 Å². The zero-order valence-corrected chi connectivity index (χ0v) is 14.4. The lowest BCUT2D eigenvalue weighted by Crippen LogP contribution is -2.42. The highest BCUT2D eigenvalue weighted by molar-refractivity contribution is 9.10. The van der Waals surface area contributed by atoms with Crippen molar-refractivity contribution in [2.75, 3.05) is 18.8 Å². The molecule has 1 saturated carbocycles. The summed E-state index contributed by atoms with van der Waals surface area (Å²) in [7, 11) is -3.48. The number of hydrogen-bond acceptors (Lipinski definition) is 3.